The predicted molar refractivity (Wildman–Crippen MR) is 146 cm³/mol. The summed E-state index contributed by atoms with van der Waals surface area (Å²) in [5, 5.41) is 4.10. The van der Waals surface area contributed by atoms with Gasteiger partial charge in [0.2, 0.25) is 11.8 Å². The van der Waals surface area contributed by atoms with E-state index in [1.54, 1.807) is 0 Å². The SMILES string of the molecule is CC(C)c1noc(N2CCC([C@H](C)CCOc3ccc(N4C[C@H](N)[C@@H](N5CCCCC5=O)C4)cn3)CC2)n1. The Morgan fingerprint density at radius 2 is 1.92 bits per heavy atom. The third-order valence-corrected chi connectivity index (χ3v) is 8.56. The van der Waals surface area contributed by atoms with Crippen LogP contribution in [-0.4, -0.2) is 77.3 Å². The molecule has 10 nitrogen and oxygen atoms in total. The van der Waals surface area contributed by atoms with Gasteiger partial charge >= 0.3 is 6.01 Å². The topological polar surface area (TPSA) is 114 Å². The maximum absolute atomic E-state index is 12.4. The highest BCUT2D eigenvalue weighted by molar-refractivity contribution is 5.77. The van der Waals surface area contributed by atoms with E-state index >= 15 is 0 Å². The number of aromatic nitrogens is 3. The Hall–Kier alpha value is -2.88. The average molecular weight is 526 g/mol. The number of likely N-dealkylation sites (tertiary alicyclic amines) is 1. The van der Waals surface area contributed by atoms with Crippen LogP contribution in [0, 0.1) is 11.8 Å². The fourth-order valence-electron chi connectivity index (χ4n) is 6.01. The van der Waals surface area contributed by atoms with Gasteiger partial charge in [0, 0.05) is 57.2 Å². The van der Waals surface area contributed by atoms with Gasteiger partial charge in [0.05, 0.1) is 24.5 Å². The zero-order chi connectivity index (χ0) is 26.6. The third-order valence-electron chi connectivity index (χ3n) is 8.56. The molecule has 3 atom stereocenters. The molecule has 2 aromatic heterocycles. The van der Waals surface area contributed by atoms with Gasteiger partial charge in [-0.25, -0.2) is 4.98 Å². The zero-order valence-corrected chi connectivity index (χ0v) is 23.1. The number of rotatable bonds is 9. The minimum atomic E-state index is -0.0362. The van der Waals surface area contributed by atoms with Crippen molar-refractivity contribution in [1.82, 2.24) is 20.0 Å². The van der Waals surface area contributed by atoms with Crippen LogP contribution in [0.2, 0.25) is 0 Å². The van der Waals surface area contributed by atoms with Crippen molar-refractivity contribution >= 4 is 17.6 Å². The van der Waals surface area contributed by atoms with E-state index in [-0.39, 0.29) is 23.9 Å². The Kier molecular flexibility index (Phi) is 8.35. The van der Waals surface area contributed by atoms with E-state index in [0.29, 0.717) is 36.8 Å². The van der Waals surface area contributed by atoms with Crippen LogP contribution in [0.4, 0.5) is 11.7 Å². The molecule has 0 saturated carbocycles. The van der Waals surface area contributed by atoms with E-state index in [1.807, 2.05) is 17.2 Å². The van der Waals surface area contributed by atoms with Gasteiger partial charge in [-0.15, -0.1) is 0 Å². The molecule has 0 bridgehead atoms. The second-order valence-electron chi connectivity index (χ2n) is 11.6. The van der Waals surface area contributed by atoms with Gasteiger partial charge in [-0.05, 0) is 50.0 Å². The van der Waals surface area contributed by atoms with Gasteiger partial charge in [-0.3, -0.25) is 4.79 Å². The van der Waals surface area contributed by atoms with Crippen LogP contribution in [-0.2, 0) is 4.79 Å². The van der Waals surface area contributed by atoms with Crippen LogP contribution in [0.15, 0.2) is 22.9 Å². The second-order valence-corrected chi connectivity index (χ2v) is 11.6. The molecular weight excluding hydrogens is 482 g/mol. The molecule has 0 unspecified atom stereocenters. The van der Waals surface area contributed by atoms with E-state index < -0.39 is 0 Å². The maximum atomic E-state index is 12.4. The Labute approximate surface area is 225 Å². The number of carbonyl (C=O) groups is 1. The molecule has 0 spiro atoms. The van der Waals surface area contributed by atoms with Crippen molar-refractivity contribution in [3.63, 3.8) is 0 Å². The lowest BCUT2D eigenvalue weighted by molar-refractivity contribution is -0.135. The highest BCUT2D eigenvalue weighted by Gasteiger charge is 2.37. The van der Waals surface area contributed by atoms with Crippen molar-refractivity contribution < 1.29 is 14.1 Å². The summed E-state index contributed by atoms with van der Waals surface area (Å²) in [5.41, 5.74) is 7.47. The molecule has 0 aliphatic carbocycles. The largest absolute Gasteiger partial charge is 0.478 e. The van der Waals surface area contributed by atoms with E-state index in [1.165, 1.54) is 0 Å². The number of amides is 1. The molecule has 3 fully saturated rings. The molecule has 2 N–H and O–H groups in total. The highest BCUT2D eigenvalue weighted by atomic mass is 16.5. The summed E-state index contributed by atoms with van der Waals surface area (Å²) >= 11 is 0. The molecular formula is C28H43N7O3. The second kappa shape index (κ2) is 11.9. The first-order valence-corrected chi connectivity index (χ1v) is 14.4. The van der Waals surface area contributed by atoms with Crippen molar-refractivity contribution in [3.05, 3.63) is 24.2 Å². The van der Waals surface area contributed by atoms with Crippen LogP contribution < -0.4 is 20.3 Å². The van der Waals surface area contributed by atoms with Gasteiger partial charge in [0.15, 0.2) is 5.82 Å². The standard InChI is InChI=1S/C28H43N7O3/c1-19(2)27-31-28(38-32-27)33-13-9-21(10-14-33)20(3)11-15-37-25-8-7-22(16-30-25)34-17-23(29)24(18-34)35-12-5-4-6-26(35)36/h7-8,16,19-21,23-24H,4-6,9-15,17-18,29H2,1-3H3/t20-,23+,24+/m1/s1. The third kappa shape index (κ3) is 6.06. The minimum absolute atomic E-state index is 0.0362. The fraction of sp³-hybridized carbons (Fsp3) is 0.714. The van der Waals surface area contributed by atoms with Gasteiger partial charge in [-0.1, -0.05) is 25.9 Å². The molecule has 5 heterocycles. The summed E-state index contributed by atoms with van der Waals surface area (Å²) < 4.78 is 11.5. The van der Waals surface area contributed by atoms with E-state index in [0.717, 1.165) is 76.3 Å². The molecule has 5 rings (SSSR count). The highest BCUT2D eigenvalue weighted by Crippen LogP contribution is 2.30. The number of carbonyl (C=O) groups excluding carboxylic acids is 1. The number of hydrogen-bond acceptors (Lipinski definition) is 9. The van der Waals surface area contributed by atoms with Crippen molar-refractivity contribution in [2.45, 2.75) is 77.3 Å². The van der Waals surface area contributed by atoms with E-state index in [2.05, 4.69) is 51.8 Å². The number of nitrogens with zero attached hydrogens (tertiary/aromatic N) is 6. The lowest BCUT2D eigenvalue weighted by Crippen LogP contribution is -2.51. The smallest absolute Gasteiger partial charge is 0.324 e. The van der Waals surface area contributed by atoms with Crippen molar-refractivity contribution in [2.75, 3.05) is 49.1 Å². The first-order valence-electron chi connectivity index (χ1n) is 14.4. The Morgan fingerprint density at radius 3 is 2.61 bits per heavy atom. The number of piperidine rings is 2. The zero-order valence-electron chi connectivity index (χ0n) is 23.1. The molecule has 0 radical (unpaired) electrons. The van der Waals surface area contributed by atoms with Crippen LogP contribution in [0.25, 0.3) is 0 Å². The monoisotopic (exact) mass is 525 g/mol. The molecule has 208 valence electrons. The van der Waals surface area contributed by atoms with Crippen molar-refractivity contribution in [1.29, 1.82) is 0 Å². The van der Waals surface area contributed by atoms with Gasteiger partial charge in [0.25, 0.3) is 0 Å². The first-order chi connectivity index (χ1) is 18.4. The first kappa shape index (κ1) is 26.7. The van der Waals surface area contributed by atoms with Crippen LogP contribution in [0.5, 0.6) is 5.88 Å². The summed E-state index contributed by atoms with van der Waals surface area (Å²) in [6.45, 7) is 11.4. The number of ether oxygens (including phenoxy) is 1. The van der Waals surface area contributed by atoms with Crippen molar-refractivity contribution in [3.8, 4) is 5.88 Å². The molecule has 3 aliphatic heterocycles. The van der Waals surface area contributed by atoms with E-state index in [9.17, 15) is 4.79 Å². The Bertz CT molecular complexity index is 1050. The van der Waals surface area contributed by atoms with Crippen LogP contribution >= 0.6 is 0 Å². The number of nitrogens with two attached hydrogens (primary N) is 1. The molecule has 10 heteroatoms. The average Bonchev–Trinajstić information content (AvgIpc) is 3.57. The predicted octanol–water partition coefficient (Wildman–Crippen LogP) is 3.44. The van der Waals surface area contributed by atoms with Gasteiger partial charge in [0.1, 0.15) is 0 Å². The summed E-state index contributed by atoms with van der Waals surface area (Å²) in [7, 11) is 0. The Balaban J connectivity index is 1.04. The van der Waals surface area contributed by atoms with Gasteiger partial charge < -0.3 is 29.7 Å². The molecule has 2 aromatic rings. The molecule has 3 saturated heterocycles. The molecule has 38 heavy (non-hydrogen) atoms. The van der Waals surface area contributed by atoms with Crippen LogP contribution in [0.1, 0.15) is 71.0 Å². The number of anilines is 2. The van der Waals surface area contributed by atoms with E-state index in [4.69, 9.17) is 15.0 Å². The molecule has 1 amide bonds. The molecule has 0 aromatic carbocycles. The molecule has 3 aliphatic rings. The van der Waals surface area contributed by atoms with Gasteiger partial charge in [-0.2, -0.15) is 4.98 Å². The Morgan fingerprint density at radius 1 is 1.11 bits per heavy atom. The summed E-state index contributed by atoms with van der Waals surface area (Å²) in [6.07, 6.45) is 7.81. The lowest BCUT2D eigenvalue weighted by atomic mass is 9.84. The normalized spacial score (nSPS) is 23.9. The minimum Gasteiger partial charge on any atom is -0.478 e. The lowest BCUT2D eigenvalue weighted by Gasteiger charge is -2.34. The summed E-state index contributed by atoms with van der Waals surface area (Å²) in [5.74, 6) is 3.18. The summed E-state index contributed by atoms with van der Waals surface area (Å²) in [4.78, 5) is 27.9. The number of pyridine rings is 1. The number of hydrogen-bond donors (Lipinski definition) is 1. The summed E-state index contributed by atoms with van der Waals surface area (Å²) in [6, 6.07) is 4.70. The quantitative estimate of drug-likeness (QED) is 0.526. The van der Waals surface area contributed by atoms with Crippen LogP contribution in [0.3, 0.4) is 0 Å². The van der Waals surface area contributed by atoms with Crippen molar-refractivity contribution in [2.24, 2.45) is 17.6 Å². The maximum Gasteiger partial charge on any atom is 0.324 e. The fourth-order valence-corrected chi connectivity index (χ4v) is 6.01.